The molecule has 4 heterocycles. The molecule has 24 heavy (non-hydrogen) atoms. The van der Waals surface area contributed by atoms with Gasteiger partial charge < -0.3 is 14.2 Å². The second-order valence-corrected chi connectivity index (χ2v) is 6.06. The normalized spacial score (nSPS) is 18.2. The number of rotatable bonds is 3. The second kappa shape index (κ2) is 6.25. The Hall–Kier alpha value is -2.39. The highest BCUT2D eigenvalue weighted by Crippen LogP contribution is 2.26. The van der Waals surface area contributed by atoms with E-state index in [1.807, 2.05) is 35.1 Å². The first-order valence-electron chi connectivity index (χ1n) is 7.45. The summed E-state index contributed by atoms with van der Waals surface area (Å²) in [6.45, 7) is 1.27. The van der Waals surface area contributed by atoms with Gasteiger partial charge in [0.2, 0.25) is 6.39 Å². The Labute approximate surface area is 141 Å². The molecule has 3 aromatic heterocycles. The summed E-state index contributed by atoms with van der Waals surface area (Å²) in [6, 6.07) is 5.33. The van der Waals surface area contributed by atoms with Gasteiger partial charge in [-0.25, -0.2) is 4.98 Å². The minimum Gasteiger partial charge on any atom is -0.377 e. The van der Waals surface area contributed by atoms with Crippen LogP contribution in [0.4, 0.5) is 0 Å². The zero-order valence-electron chi connectivity index (χ0n) is 13.0. The number of nitrogens with zero attached hydrogens (tertiary/aromatic N) is 5. The van der Waals surface area contributed by atoms with Crippen LogP contribution in [0.3, 0.4) is 0 Å². The van der Waals surface area contributed by atoms with Crippen molar-refractivity contribution >= 4 is 23.2 Å². The van der Waals surface area contributed by atoms with Gasteiger partial charge in [-0.2, -0.15) is 4.98 Å². The van der Waals surface area contributed by atoms with Crippen molar-refractivity contribution in [3.63, 3.8) is 0 Å². The van der Waals surface area contributed by atoms with Crippen LogP contribution in [0.2, 0.25) is 0 Å². The molecule has 1 amide bonds. The van der Waals surface area contributed by atoms with E-state index in [9.17, 15) is 4.79 Å². The molecule has 1 aliphatic heterocycles. The quantitative estimate of drug-likeness (QED) is 0.667. The van der Waals surface area contributed by atoms with Crippen molar-refractivity contribution in [2.75, 3.05) is 26.0 Å². The van der Waals surface area contributed by atoms with Crippen LogP contribution in [0.25, 0.3) is 5.52 Å². The van der Waals surface area contributed by atoms with E-state index in [2.05, 4.69) is 15.1 Å². The van der Waals surface area contributed by atoms with Crippen LogP contribution < -0.4 is 0 Å². The molecule has 0 aliphatic carbocycles. The molecule has 0 aromatic carbocycles. The monoisotopic (exact) mass is 345 g/mol. The first-order valence-corrected chi connectivity index (χ1v) is 8.68. The van der Waals surface area contributed by atoms with Gasteiger partial charge >= 0.3 is 0 Å². The summed E-state index contributed by atoms with van der Waals surface area (Å²) < 4.78 is 12.2. The minimum atomic E-state index is -0.372. The molecule has 1 atom stereocenters. The van der Waals surface area contributed by atoms with Crippen LogP contribution in [-0.4, -0.2) is 56.3 Å². The molecule has 9 heteroatoms. The molecular weight excluding hydrogens is 330 g/mol. The van der Waals surface area contributed by atoms with Crippen molar-refractivity contribution in [2.24, 2.45) is 0 Å². The number of fused-ring (bicyclic) bond motifs is 1. The van der Waals surface area contributed by atoms with Gasteiger partial charge in [0.25, 0.3) is 5.91 Å². The Morgan fingerprint density at radius 2 is 2.33 bits per heavy atom. The van der Waals surface area contributed by atoms with Crippen LogP contribution in [0.1, 0.15) is 22.4 Å². The summed E-state index contributed by atoms with van der Waals surface area (Å²) in [4.78, 5) is 23.4. The van der Waals surface area contributed by atoms with Gasteiger partial charge in [-0.05, 0) is 18.4 Å². The average Bonchev–Trinajstić information content (AvgIpc) is 3.29. The van der Waals surface area contributed by atoms with Crippen molar-refractivity contribution in [1.29, 1.82) is 0 Å². The molecule has 0 saturated carbocycles. The number of amides is 1. The molecule has 0 radical (unpaired) electrons. The Morgan fingerprint density at radius 1 is 1.42 bits per heavy atom. The third-order valence-corrected chi connectivity index (χ3v) is 4.62. The lowest BCUT2D eigenvalue weighted by molar-refractivity contribution is -0.00596. The molecule has 8 nitrogen and oxygen atoms in total. The van der Waals surface area contributed by atoms with Gasteiger partial charge in [0.1, 0.15) is 6.04 Å². The van der Waals surface area contributed by atoms with Gasteiger partial charge in [0, 0.05) is 12.7 Å². The maximum Gasteiger partial charge on any atom is 0.275 e. The highest BCUT2D eigenvalue weighted by Gasteiger charge is 2.34. The number of hydrogen-bond donors (Lipinski definition) is 0. The predicted molar refractivity (Wildman–Crippen MR) is 85.9 cm³/mol. The van der Waals surface area contributed by atoms with Gasteiger partial charge in [-0.1, -0.05) is 23.0 Å². The van der Waals surface area contributed by atoms with E-state index in [1.54, 1.807) is 4.90 Å². The first kappa shape index (κ1) is 15.2. The summed E-state index contributed by atoms with van der Waals surface area (Å²) in [5, 5.41) is 4.64. The SMILES string of the molecule is CSc1nc(C(=O)N2CCOC[C@H]2c2ncon2)c2ccccn12. The van der Waals surface area contributed by atoms with Crippen LogP contribution in [0, 0.1) is 0 Å². The number of pyridine rings is 1. The standard InChI is InChI=1S/C15H15N5O3S/c1-24-15-17-12(10-4-2-3-5-20(10)15)14(21)19-6-7-22-8-11(19)13-16-9-23-18-13/h2-5,9,11H,6-8H2,1H3/t11-/m0/s1. The van der Waals surface area contributed by atoms with E-state index >= 15 is 0 Å². The largest absolute Gasteiger partial charge is 0.377 e. The lowest BCUT2D eigenvalue weighted by Gasteiger charge is -2.33. The molecule has 1 aliphatic rings. The van der Waals surface area contributed by atoms with Gasteiger partial charge in [0.05, 0.1) is 18.7 Å². The Morgan fingerprint density at radius 3 is 3.12 bits per heavy atom. The van der Waals surface area contributed by atoms with E-state index in [0.717, 1.165) is 10.7 Å². The third-order valence-electron chi connectivity index (χ3n) is 3.97. The second-order valence-electron chi connectivity index (χ2n) is 5.28. The Kier molecular flexibility index (Phi) is 3.95. The average molecular weight is 345 g/mol. The van der Waals surface area contributed by atoms with E-state index in [-0.39, 0.29) is 11.9 Å². The van der Waals surface area contributed by atoms with Gasteiger partial charge in [-0.3, -0.25) is 9.20 Å². The number of carbonyl (C=O) groups excluding carboxylic acids is 1. The highest BCUT2D eigenvalue weighted by atomic mass is 32.2. The van der Waals surface area contributed by atoms with Gasteiger partial charge in [0.15, 0.2) is 16.7 Å². The smallest absolute Gasteiger partial charge is 0.275 e. The number of carbonyl (C=O) groups is 1. The predicted octanol–water partition coefficient (Wildman–Crippen LogP) is 1.65. The molecule has 1 saturated heterocycles. The van der Waals surface area contributed by atoms with Crippen molar-refractivity contribution in [2.45, 2.75) is 11.2 Å². The summed E-state index contributed by atoms with van der Waals surface area (Å²) in [7, 11) is 0. The fourth-order valence-corrected chi connectivity index (χ4v) is 3.37. The fraction of sp³-hybridized carbons (Fsp3) is 0.333. The van der Waals surface area contributed by atoms with Crippen molar-refractivity contribution < 1.29 is 14.1 Å². The zero-order chi connectivity index (χ0) is 16.5. The molecule has 4 rings (SSSR count). The fourth-order valence-electron chi connectivity index (χ4n) is 2.83. The van der Waals surface area contributed by atoms with Crippen molar-refractivity contribution in [1.82, 2.24) is 24.4 Å². The van der Waals surface area contributed by atoms with Crippen molar-refractivity contribution in [3.8, 4) is 0 Å². The number of thioether (sulfide) groups is 1. The Balaban J connectivity index is 1.75. The van der Waals surface area contributed by atoms with E-state index in [1.165, 1.54) is 18.2 Å². The maximum absolute atomic E-state index is 13.1. The topological polar surface area (TPSA) is 85.8 Å². The summed E-state index contributed by atoms with van der Waals surface area (Å²) in [6.07, 6.45) is 5.10. The lowest BCUT2D eigenvalue weighted by Crippen LogP contribution is -2.44. The number of morpholine rings is 1. The highest BCUT2D eigenvalue weighted by molar-refractivity contribution is 7.98. The molecule has 124 valence electrons. The lowest BCUT2D eigenvalue weighted by atomic mass is 10.2. The molecule has 0 spiro atoms. The molecular formula is C15H15N5O3S. The third kappa shape index (κ3) is 2.45. The van der Waals surface area contributed by atoms with Crippen LogP contribution >= 0.6 is 11.8 Å². The molecule has 1 fully saturated rings. The number of ether oxygens (including phenoxy) is 1. The zero-order valence-corrected chi connectivity index (χ0v) is 13.8. The minimum absolute atomic E-state index is 0.155. The maximum atomic E-state index is 13.1. The molecule has 3 aromatic rings. The first-order chi connectivity index (χ1) is 11.8. The van der Waals surface area contributed by atoms with Crippen molar-refractivity contribution in [3.05, 3.63) is 42.3 Å². The number of aromatic nitrogens is 4. The summed E-state index contributed by atoms with van der Waals surface area (Å²) in [5.41, 5.74) is 1.21. The molecule has 0 bridgehead atoms. The van der Waals surface area contributed by atoms with E-state index < -0.39 is 0 Å². The summed E-state index contributed by atoms with van der Waals surface area (Å²) >= 11 is 1.50. The molecule has 0 unspecified atom stereocenters. The molecule has 0 N–H and O–H groups in total. The van der Waals surface area contributed by atoms with Gasteiger partial charge in [-0.15, -0.1) is 0 Å². The number of imidazole rings is 1. The van der Waals surface area contributed by atoms with E-state index in [4.69, 9.17) is 9.26 Å². The summed E-state index contributed by atoms with van der Waals surface area (Å²) in [5.74, 6) is 0.286. The van der Waals surface area contributed by atoms with Crippen LogP contribution in [0.15, 0.2) is 40.5 Å². The Bertz CT molecular complexity index is 863. The van der Waals surface area contributed by atoms with Crippen LogP contribution in [0.5, 0.6) is 0 Å². The van der Waals surface area contributed by atoms with Crippen LogP contribution in [-0.2, 0) is 4.74 Å². The number of hydrogen-bond acceptors (Lipinski definition) is 7. The van der Waals surface area contributed by atoms with E-state index in [0.29, 0.717) is 31.3 Å².